The summed E-state index contributed by atoms with van der Waals surface area (Å²) >= 11 is 5.79. The highest BCUT2D eigenvalue weighted by Crippen LogP contribution is 2.22. The molecule has 96 valence electrons. The van der Waals surface area contributed by atoms with Crippen molar-refractivity contribution in [3.8, 4) is 0 Å². The summed E-state index contributed by atoms with van der Waals surface area (Å²) in [5.41, 5.74) is 7.74. The fourth-order valence-electron chi connectivity index (χ4n) is 1.61. The maximum atomic E-state index is 11.9. The molecule has 1 fully saturated rings. The second-order valence-electron chi connectivity index (χ2n) is 3.83. The van der Waals surface area contributed by atoms with Gasteiger partial charge in [-0.05, 0) is 12.5 Å². The summed E-state index contributed by atoms with van der Waals surface area (Å²) in [5.74, 6) is -0.889. The van der Waals surface area contributed by atoms with Gasteiger partial charge < -0.3 is 9.47 Å². The minimum absolute atomic E-state index is 0.00108. The van der Waals surface area contributed by atoms with Gasteiger partial charge in [0.15, 0.2) is 5.79 Å². The van der Waals surface area contributed by atoms with Gasteiger partial charge in [0.2, 0.25) is 0 Å². The van der Waals surface area contributed by atoms with Gasteiger partial charge in [-0.15, -0.1) is 0 Å². The molecule has 1 aliphatic rings. The molecule has 2 rings (SSSR count). The molecule has 0 atom stereocenters. The first-order valence-electron chi connectivity index (χ1n) is 5.14. The molecule has 2 heterocycles. The zero-order chi connectivity index (χ0) is 13.2. The Hall–Kier alpha value is -1.60. The van der Waals surface area contributed by atoms with Gasteiger partial charge in [0.05, 0.1) is 31.6 Å². The molecule has 0 aromatic carbocycles. The molecular weight excluding hydrogens is 262 g/mol. The van der Waals surface area contributed by atoms with Crippen molar-refractivity contribution in [3.05, 3.63) is 32.0 Å². The lowest BCUT2D eigenvalue weighted by Crippen LogP contribution is -2.37. The van der Waals surface area contributed by atoms with Crippen LogP contribution in [0.5, 0.6) is 0 Å². The molecule has 0 saturated carbocycles. The zero-order valence-corrected chi connectivity index (χ0v) is 10.3. The lowest BCUT2D eigenvalue weighted by Gasteiger charge is -2.22. The Balaban J connectivity index is 2.33. The fraction of sp³-hybridized carbons (Fsp3) is 0.556. The van der Waals surface area contributed by atoms with Crippen LogP contribution >= 0.6 is 11.6 Å². The quantitative estimate of drug-likeness (QED) is 0.473. The van der Waals surface area contributed by atoms with E-state index < -0.39 is 11.3 Å². The number of halogens is 1. The number of hydrogen-bond acceptors (Lipinski definition) is 5. The standard InChI is InChI=1S/C9H10ClN5O3/c1-9(17-2-3-18-9)5-15-8(16)7(10)6(4-12-15)13-14-11/h4H,2-3,5H2,1H3. The molecule has 0 aliphatic carbocycles. The molecule has 0 N–H and O–H groups in total. The average Bonchev–Trinajstić information content (AvgIpc) is 2.76. The van der Waals surface area contributed by atoms with Crippen LogP contribution in [0.3, 0.4) is 0 Å². The SMILES string of the molecule is CC1(Cn2ncc(N=[N+]=[N-])c(Cl)c2=O)OCCO1. The van der Waals surface area contributed by atoms with Crippen molar-refractivity contribution >= 4 is 17.3 Å². The largest absolute Gasteiger partial charge is 0.346 e. The summed E-state index contributed by atoms with van der Waals surface area (Å²) in [5, 5.41) is 6.95. The monoisotopic (exact) mass is 271 g/mol. The van der Waals surface area contributed by atoms with Crippen molar-refractivity contribution < 1.29 is 9.47 Å². The van der Waals surface area contributed by atoms with Crippen LogP contribution < -0.4 is 5.56 Å². The smallest absolute Gasteiger partial charge is 0.286 e. The van der Waals surface area contributed by atoms with E-state index in [0.29, 0.717) is 13.2 Å². The molecule has 1 saturated heterocycles. The van der Waals surface area contributed by atoms with Crippen LogP contribution in [0.15, 0.2) is 16.1 Å². The zero-order valence-electron chi connectivity index (χ0n) is 9.54. The highest BCUT2D eigenvalue weighted by molar-refractivity contribution is 6.32. The molecule has 1 aliphatic heterocycles. The second-order valence-corrected chi connectivity index (χ2v) is 4.20. The topological polar surface area (TPSA) is 102 Å². The molecular formula is C9H10ClN5O3. The van der Waals surface area contributed by atoms with Crippen molar-refractivity contribution in [2.24, 2.45) is 5.11 Å². The van der Waals surface area contributed by atoms with E-state index in [1.807, 2.05) is 0 Å². The molecule has 1 aromatic rings. The first-order valence-corrected chi connectivity index (χ1v) is 5.52. The van der Waals surface area contributed by atoms with Crippen LogP contribution in [0.2, 0.25) is 5.02 Å². The van der Waals surface area contributed by atoms with Crippen molar-refractivity contribution in [1.82, 2.24) is 9.78 Å². The Bertz CT molecular complexity index is 560. The molecule has 18 heavy (non-hydrogen) atoms. The third-order valence-corrected chi connectivity index (χ3v) is 2.81. The number of hydrogen-bond donors (Lipinski definition) is 0. The van der Waals surface area contributed by atoms with Crippen molar-refractivity contribution in [1.29, 1.82) is 0 Å². The highest BCUT2D eigenvalue weighted by atomic mass is 35.5. The van der Waals surface area contributed by atoms with Crippen LogP contribution in [-0.2, 0) is 16.0 Å². The molecule has 0 radical (unpaired) electrons. The third kappa shape index (κ3) is 2.46. The third-order valence-electron chi connectivity index (χ3n) is 2.45. The predicted molar refractivity (Wildman–Crippen MR) is 62.6 cm³/mol. The lowest BCUT2D eigenvalue weighted by atomic mass is 10.3. The first-order chi connectivity index (χ1) is 8.56. The van der Waals surface area contributed by atoms with Gasteiger partial charge in [0.1, 0.15) is 5.02 Å². The molecule has 0 amide bonds. The number of ether oxygens (including phenoxy) is 2. The minimum Gasteiger partial charge on any atom is -0.346 e. The Morgan fingerprint density at radius 2 is 2.33 bits per heavy atom. The molecule has 0 spiro atoms. The number of rotatable bonds is 3. The van der Waals surface area contributed by atoms with Gasteiger partial charge >= 0.3 is 0 Å². The summed E-state index contributed by atoms with van der Waals surface area (Å²) in [6, 6.07) is 0. The van der Waals surface area contributed by atoms with Crippen LogP contribution in [-0.4, -0.2) is 28.8 Å². The van der Waals surface area contributed by atoms with Crippen LogP contribution in [0.25, 0.3) is 10.4 Å². The van der Waals surface area contributed by atoms with Crippen molar-refractivity contribution in [2.75, 3.05) is 13.2 Å². The Morgan fingerprint density at radius 1 is 1.67 bits per heavy atom. The van der Waals surface area contributed by atoms with E-state index in [4.69, 9.17) is 26.6 Å². The summed E-state index contributed by atoms with van der Waals surface area (Å²) in [6.07, 6.45) is 1.22. The molecule has 8 nitrogen and oxygen atoms in total. The van der Waals surface area contributed by atoms with Gasteiger partial charge in [-0.2, -0.15) is 5.10 Å². The van der Waals surface area contributed by atoms with E-state index in [0.717, 1.165) is 4.68 Å². The van der Waals surface area contributed by atoms with Crippen molar-refractivity contribution in [3.63, 3.8) is 0 Å². The van der Waals surface area contributed by atoms with Crippen LogP contribution in [0.4, 0.5) is 5.69 Å². The predicted octanol–water partition coefficient (Wildman–Crippen LogP) is 1.60. The summed E-state index contributed by atoms with van der Waals surface area (Å²) in [7, 11) is 0. The van der Waals surface area contributed by atoms with E-state index in [1.165, 1.54) is 6.20 Å². The maximum Gasteiger partial charge on any atom is 0.286 e. The first kappa shape index (κ1) is 12.8. The minimum atomic E-state index is -0.889. The summed E-state index contributed by atoms with van der Waals surface area (Å²) < 4.78 is 11.9. The van der Waals surface area contributed by atoms with E-state index in [-0.39, 0.29) is 17.3 Å². The van der Waals surface area contributed by atoms with Crippen LogP contribution in [0.1, 0.15) is 6.92 Å². The lowest BCUT2D eigenvalue weighted by molar-refractivity contribution is -0.154. The molecule has 0 unspecified atom stereocenters. The van der Waals surface area contributed by atoms with E-state index >= 15 is 0 Å². The van der Waals surface area contributed by atoms with Gasteiger partial charge in [-0.3, -0.25) is 4.79 Å². The number of nitrogens with zero attached hydrogens (tertiary/aromatic N) is 5. The second kappa shape index (κ2) is 4.95. The normalized spacial score (nSPS) is 17.4. The maximum absolute atomic E-state index is 11.9. The van der Waals surface area contributed by atoms with Gasteiger partial charge in [-0.25, -0.2) is 4.68 Å². The Morgan fingerprint density at radius 3 is 2.94 bits per heavy atom. The fourth-order valence-corrected chi connectivity index (χ4v) is 1.79. The summed E-state index contributed by atoms with van der Waals surface area (Å²) in [6.45, 7) is 2.76. The highest BCUT2D eigenvalue weighted by Gasteiger charge is 2.32. The Labute approximate surface area is 107 Å². The Kier molecular flexibility index (Phi) is 3.53. The number of aromatic nitrogens is 2. The van der Waals surface area contributed by atoms with Gasteiger partial charge in [0, 0.05) is 4.91 Å². The van der Waals surface area contributed by atoms with E-state index in [2.05, 4.69) is 15.1 Å². The van der Waals surface area contributed by atoms with Gasteiger partial charge in [0.25, 0.3) is 5.56 Å². The van der Waals surface area contributed by atoms with E-state index in [9.17, 15) is 4.79 Å². The molecule has 1 aromatic heterocycles. The van der Waals surface area contributed by atoms with E-state index in [1.54, 1.807) is 6.92 Å². The average molecular weight is 272 g/mol. The summed E-state index contributed by atoms with van der Waals surface area (Å²) in [4.78, 5) is 14.4. The molecule has 0 bridgehead atoms. The van der Waals surface area contributed by atoms with Crippen molar-refractivity contribution in [2.45, 2.75) is 19.3 Å². The van der Waals surface area contributed by atoms with Gasteiger partial charge in [-0.1, -0.05) is 16.7 Å². The molecule has 9 heteroatoms. The van der Waals surface area contributed by atoms with Crippen LogP contribution in [0, 0.1) is 0 Å². The number of azide groups is 1.